The van der Waals surface area contributed by atoms with Crippen LogP contribution < -0.4 is 5.32 Å². The van der Waals surface area contributed by atoms with Gasteiger partial charge in [0.2, 0.25) is 0 Å². The van der Waals surface area contributed by atoms with Crippen LogP contribution in [0.3, 0.4) is 0 Å². The molecule has 0 amide bonds. The number of hydrogen-bond acceptors (Lipinski definition) is 4. The maximum Gasteiger partial charge on any atom is 0.292 e. The second kappa shape index (κ2) is 6.70. The van der Waals surface area contributed by atoms with Gasteiger partial charge in [0.1, 0.15) is 5.69 Å². The molecule has 1 fully saturated rings. The molecule has 1 aliphatic heterocycles. The number of nitrogens with zero attached hydrogens (tertiary/aromatic N) is 2. The molecule has 1 atom stereocenters. The first-order valence-corrected chi connectivity index (χ1v) is 7.34. The normalized spacial score (nSPS) is 20.4. The number of likely N-dealkylation sites (tertiary alicyclic amines) is 1. The molecule has 5 heteroatoms. The van der Waals surface area contributed by atoms with Gasteiger partial charge in [0.15, 0.2) is 0 Å². The number of nitrogens with one attached hydrogen (secondary N) is 1. The lowest BCUT2D eigenvalue weighted by Crippen LogP contribution is -2.26. The van der Waals surface area contributed by atoms with Crippen molar-refractivity contribution >= 4 is 11.4 Å². The smallest absolute Gasteiger partial charge is 0.292 e. The predicted octanol–water partition coefficient (Wildman–Crippen LogP) is 3.19. The number of aryl methyl sites for hydroxylation is 1. The highest BCUT2D eigenvalue weighted by molar-refractivity contribution is 5.63. The topological polar surface area (TPSA) is 58.4 Å². The fourth-order valence-electron chi connectivity index (χ4n) is 2.76. The summed E-state index contributed by atoms with van der Waals surface area (Å²) in [4.78, 5) is 13.2. The molecule has 1 heterocycles. The number of hydrogen-bond donors (Lipinski definition) is 1. The number of benzene rings is 1. The molecule has 0 bridgehead atoms. The molecular weight excluding hydrogens is 254 g/mol. The molecule has 0 saturated carbocycles. The van der Waals surface area contributed by atoms with Gasteiger partial charge < -0.3 is 10.2 Å². The number of nitro benzene ring substituents is 1. The zero-order valence-electron chi connectivity index (χ0n) is 12.3. The zero-order valence-corrected chi connectivity index (χ0v) is 12.3. The number of rotatable bonds is 4. The number of nitro groups is 1. The third kappa shape index (κ3) is 3.70. The van der Waals surface area contributed by atoms with Crippen molar-refractivity contribution in [2.45, 2.75) is 39.2 Å². The third-order valence-corrected chi connectivity index (χ3v) is 3.98. The predicted molar refractivity (Wildman–Crippen MR) is 81.2 cm³/mol. The van der Waals surface area contributed by atoms with Crippen molar-refractivity contribution in [3.8, 4) is 0 Å². The standard InChI is InChI=1S/C15H23N3O2/c1-3-17-9-4-5-13(8-10-17)16-14-11-12(2)6-7-15(14)18(19)20/h6-7,11,13,16H,3-5,8-10H2,1-2H3. The SMILES string of the molecule is CCN1CCCC(Nc2cc(C)ccc2[N+](=O)[O-])CC1. The van der Waals surface area contributed by atoms with E-state index in [2.05, 4.69) is 17.1 Å². The van der Waals surface area contributed by atoms with Crippen molar-refractivity contribution in [2.75, 3.05) is 25.0 Å². The molecule has 1 aliphatic rings. The second-order valence-electron chi connectivity index (χ2n) is 5.48. The highest BCUT2D eigenvalue weighted by Gasteiger charge is 2.20. The van der Waals surface area contributed by atoms with E-state index in [1.54, 1.807) is 12.1 Å². The molecule has 0 aliphatic carbocycles. The minimum atomic E-state index is -0.309. The largest absolute Gasteiger partial charge is 0.377 e. The van der Waals surface area contributed by atoms with Gasteiger partial charge in [0.05, 0.1) is 4.92 Å². The minimum Gasteiger partial charge on any atom is -0.377 e. The Labute approximate surface area is 120 Å². The molecule has 1 unspecified atom stereocenters. The van der Waals surface area contributed by atoms with Crippen LogP contribution in [0.5, 0.6) is 0 Å². The molecule has 1 aromatic rings. The van der Waals surface area contributed by atoms with E-state index >= 15 is 0 Å². The molecule has 1 saturated heterocycles. The Morgan fingerprint density at radius 1 is 1.40 bits per heavy atom. The summed E-state index contributed by atoms with van der Waals surface area (Å²) in [7, 11) is 0. The van der Waals surface area contributed by atoms with Crippen molar-refractivity contribution in [1.82, 2.24) is 4.90 Å². The van der Waals surface area contributed by atoms with Gasteiger partial charge in [0.25, 0.3) is 5.69 Å². The average Bonchev–Trinajstić information content (AvgIpc) is 2.63. The molecular formula is C15H23N3O2. The van der Waals surface area contributed by atoms with E-state index in [9.17, 15) is 10.1 Å². The lowest BCUT2D eigenvalue weighted by atomic mass is 10.1. The van der Waals surface area contributed by atoms with Gasteiger partial charge in [-0.1, -0.05) is 13.0 Å². The zero-order chi connectivity index (χ0) is 14.5. The Hall–Kier alpha value is -1.62. The van der Waals surface area contributed by atoms with Crippen molar-refractivity contribution in [1.29, 1.82) is 0 Å². The second-order valence-corrected chi connectivity index (χ2v) is 5.48. The summed E-state index contributed by atoms with van der Waals surface area (Å²) in [6.45, 7) is 7.41. The molecule has 2 rings (SSSR count). The van der Waals surface area contributed by atoms with Crippen LogP contribution in [0, 0.1) is 17.0 Å². The van der Waals surface area contributed by atoms with Gasteiger partial charge in [-0.25, -0.2) is 0 Å². The molecule has 5 nitrogen and oxygen atoms in total. The lowest BCUT2D eigenvalue weighted by molar-refractivity contribution is -0.384. The van der Waals surface area contributed by atoms with Crippen LogP contribution in [0.15, 0.2) is 18.2 Å². The van der Waals surface area contributed by atoms with Crippen LogP contribution in [0.25, 0.3) is 0 Å². The first kappa shape index (κ1) is 14.8. The summed E-state index contributed by atoms with van der Waals surface area (Å²) in [5.74, 6) is 0. The Bertz CT molecular complexity index is 476. The number of anilines is 1. The van der Waals surface area contributed by atoms with E-state index in [0.717, 1.165) is 44.5 Å². The Morgan fingerprint density at radius 2 is 2.20 bits per heavy atom. The van der Waals surface area contributed by atoms with Crippen LogP contribution in [0.4, 0.5) is 11.4 Å². The minimum absolute atomic E-state index is 0.173. The van der Waals surface area contributed by atoms with Crippen LogP contribution >= 0.6 is 0 Å². The summed E-state index contributed by atoms with van der Waals surface area (Å²) >= 11 is 0. The maximum absolute atomic E-state index is 11.1. The maximum atomic E-state index is 11.1. The Morgan fingerprint density at radius 3 is 2.90 bits per heavy atom. The molecule has 20 heavy (non-hydrogen) atoms. The summed E-state index contributed by atoms with van der Waals surface area (Å²) in [5, 5.41) is 14.5. The fourth-order valence-corrected chi connectivity index (χ4v) is 2.76. The third-order valence-electron chi connectivity index (χ3n) is 3.98. The first-order chi connectivity index (χ1) is 9.60. The van der Waals surface area contributed by atoms with Crippen LogP contribution in [0.1, 0.15) is 31.7 Å². The first-order valence-electron chi connectivity index (χ1n) is 7.34. The van der Waals surface area contributed by atoms with Gasteiger partial charge in [-0.05, 0) is 50.9 Å². The van der Waals surface area contributed by atoms with E-state index in [1.165, 1.54) is 0 Å². The molecule has 1 N–H and O–H groups in total. The fraction of sp³-hybridized carbons (Fsp3) is 0.600. The summed E-state index contributed by atoms with van der Waals surface area (Å²) in [5.41, 5.74) is 1.87. The lowest BCUT2D eigenvalue weighted by Gasteiger charge is -2.19. The summed E-state index contributed by atoms with van der Waals surface area (Å²) < 4.78 is 0. The molecule has 0 spiro atoms. The Kier molecular flexibility index (Phi) is 4.95. The van der Waals surface area contributed by atoms with Gasteiger partial charge >= 0.3 is 0 Å². The van der Waals surface area contributed by atoms with Gasteiger partial charge in [-0.3, -0.25) is 10.1 Å². The molecule has 0 aromatic heterocycles. The van der Waals surface area contributed by atoms with Crippen LogP contribution in [0.2, 0.25) is 0 Å². The van der Waals surface area contributed by atoms with Crippen LogP contribution in [-0.4, -0.2) is 35.5 Å². The van der Waals surface area contributed by atoms with Crippen molar-refractivity contribution in [3.63, 3.8) is 0 Å². The highest BCUT2D eigenvalue weighted by atomic mass is 16.6. The highest BCUT2D eigenvalue weighted by Crippen LogP contribution is 2.27. The van der Waals surface area contributed by atoms with E-state index < -0.39 is 0 Å². The van der Waals surface area contributed by atoms with Crippen LogP contribution in [-0.2, 0) is 0 Å². The summed E-state index contributed by atoms with van der Waals surface area (Å²) in [6.07, 6.45) is 3.26. The van der Waals surface area contributed by atoms with Crippen molar-refractivity contribution in [2.24, 2.45) is 0 Å². The average molecular weight is 277 g/mol. The molecule has 0 radical (unpaired) electrons. The van der Waals surface area contributed by atoms with Gasteiger partial charge in [-0.15, -0.1) is 0 Å². The van der Waals surface area contributed by atoms with Gasteiger partial charge in [0, 0.05) is 18.7 Å². The quantitative estimate of drug-likeness (QED) is 0.678. The molecule has 1 aromatic carbocycles. The Balaban J connectivity index is 2.09. The van der Waals surface area contributed by atoms with Crippen molar-refractivity contribution in [3.05, 3.63) is 33.9 Å². The van der Waals surface area contributed by atoms with Crippen molar-refractivity contribution < 1.29 is 4.92 Å². The van der Waals surface area contributed by atoms with E-state index in [-0.39, 0.29) is 10.6 Å². The van der Waals surface area contributed by atoms with E-state index in [4.69, 9.17) is 0 Å². The monoisotopic (exact) mass is 277 g/mol. The summed E-state index contributed by atoms with van der Waals surface area (Å²) in [6, 6.07) is 5.58. The van der Waals surface area contributed by atoms with Gasteiger partial charge in [-0.2, -0.15) is 0 Å². The molecule has 110 valence electrons. The van der Waals surface area contributed by atoms with E-state index in [1.807, 2.05) is 13.0 Å². The van der Waals surface area contributed by atoms with E-state index in [0.29, 0.717) is 11.7 Å².